The minimum absolute atomic E-state index is 0.0442. The van der Waals surface area contributed by atoms with Gasteiger partial charge in [0.1, 0.15) is 12.0 Å². The quantitative estimate of drug-likeness (QED) is 0.683. The van der Waals surface area contributed by atoms with Crippen molar-refractivity contribution in [2.45, 2.75) is 12.3 Å². The first-order chi connectivity index (χ1) is 8.01. The Morgan fingerprint density at radius 1 is 1.53 bits per heavy atom. The first kappa shape index (κ1) is 14.9. The lowest BCUT2D eigenvalue weighted by atomic mass is 10.3. The molecule has 100 valence electrons. The molecule has 1 fully saturated rings. The molecule has 1 aliphatic rings. The van der Waals surface area contributed by atoms with Crippen molar-refractivity contribution in [3.63, 3.8) is 0 Å². The van der Waals surface area contributed by atoms with Gasteiger partial charge in [-0.2, -0.15) is 11.8 Å². The molecule has 0 N–H and O–H groups in total. The lowest BCUT2D eigenvalue weighted by Gasteiger charge is -2.33. The van der Waals surface area contributed by atoms with Crippen molar-refractivity contribution in [2.75, 3.05) is 44.1 Å². The Morgan fingerprint density at radius 2 is 2.24 bits per heavy atom. The highest BCUT2D eigenvalue weighted by Gasteiger charge is 2.33. The number of methoxy groups -OCH3 is 1. The van der Waals surface area contributed by atoms with E-state index in [0.29, 0.717) is 12.3 Å². The summed E-state index contributed by atoms with van der Waals surface area (Å²) in [5.74, 6) is 1.47. The molecule has 5 nitrogen and oxygen atoms in total. The molecule has 0 spiro atoms. The van der Waals surface area contributed by atoms with Crippen LogP contribution in [0, 0.1) is 0 Å². The van der Waals surface area contributed by atoms with Crippen LogP contribution < -0.4 is 0 Å². The second kappa shape index (κ2) is 6.72. The van der Waals surface area contributed by atoms with Crippen LogP contribution in [-0.4, -0.2) is 68.5 Å². The molecule has 1 unspecified atom stereocenters. The number of thioether (sulfide) groups is 1. The smallest absolute Gasteiger partial charge is 0.172 e. The molecule has 1 saturated heterocycles. The van der Waals surface area contributed by atoms with Crippen LogP contribution in [0.1, 0.15) is 6.92 Å². The summed E-state index contributed by atoms with van der Waals surface area (Å²) in [5.41, 5.74) is 0. The zero-order valence-corrected chi connectivity index (χ0v) is 11.8. The molecule has 0 aromatic rings. The molecular formula is C10H19NO4S2. The Hall–Kier alpha value is -0.110. The Kier molecular flexibility index (Phi) is 5.91. The molecule has 17 heavy (non-hydrogen) atoms. The average Bonchev–Trinajstić information content (AvgIpc) is 2.30. The summed E-state index contributed by atoms with van der Waals surface area (Å²) in [6.07, 6.45) is 0. The molecule has 1 aliphatic heterocycles. The minimum Gasteiger partial charge on any atom is -0.377 e. The van der Waals surface area contributed by atoms with E-state index in [-0.39, 0.29) is 24.7 Å². The molecular weight excluding hydrogens is 262 g/mol. The summed E-state index contributed by atoms with van der Waals surface area (Å²) >= 11 is 1.63. The summed E-state index contributed by atoms with van der Waals surface area (Å²) in [7, 11) is -1.66. The van der Waals surface area contributed by atoms with Gasteiger partial charge in [0.2, 0.25) is 0 Å². The third-order valence-corrected chi connectivity index (χ3v) is 6.02. The van der Waals surface area contributed by atoms with E-state index in [1.807, 2.05) is 0 Å². The van der Waals surface area contributed by atoms with Gasteiger partial charge in [-0.1, -0.05) is 6.92 Å². The molecule has 7 heteroatoms. The van der Waals surface area contributed by atoms with Gasteiger partial charge in [-0.25, -0.2) is 8.42 Å². The van der Waals surface area contributed by atoms with Gasteiger partial charge in [-0.05, 0) is 0 Å². The Bertz CT molecular complexity index is 355. The highest BCUT2D eigenvalue weighted by Crippen LogP contribution is 2.21. The van der Waals surface area contributed by atoms with Gasteiger partial charge in [-0.3, -0.25) is 9.69 Å². The number of ketones is 1. The predicted molar refractivity (Wildman–Crippen MR) is 69.0 cm³/mol. The SMILES string of the molecule is CCS(=O)(=O)C1CSCCN1CC(=O)COC. The van der Waals surface area contributed by atoms with Gasteiger partial charge in [-0.15, -0.1) is 0 Å². The van der Waals surface area contributed by atoms with Crippen molar-refractivity contribution in [2.24, 2.45) is 0 Å². The maximum Gasteiger partial charge on any atom is 0.172 e. The Morgan fingerprint density at radius 3 is 2.82 bits per heavy atom. The number of nitrogens with zero attached hydrogens (tertiary/aromatic N) is 1. The van der Waals surface area contributed by atoms with Gasteiger partial charge in [0, 0.05) is 30.9 Å². The van der Waals surface area contributed by atoms with Gasteiger partial charge < -0.3 is 4.74 Å². The minimum atomic E-state index is -3.12. The maximum absolute atomic E-state index is 11.9. The number of hydrogen-bond donors (Lipinski definition) is 0. The summed E-state index contributed by atoms with van der Waals surface area (Å²) in [4.78, 5) is 13.3. The molecule has 1 heterocycles. The van der Waals surface area contributed by atoms with Gasteiger partial charge in [0.15, 0.2) is 15.6 Å². The van der Waals surface area contributed by atoms with Crippen LogP contribution in [0.25, 0.3) is 0 Å². The standard InChI is InChI=1S/C10H19NO4S2/c1-3-17(13,14)10-8-16-5-4-11(10)6-9(12)7-15-2/h10H,3-8H2,1-2H3. The van der Waals surface area contributed by atoms with Crippen LogP contribution in [0.2, 0.25) is 0 Å². The molecule has 0 aromatic carbocycles. The molecule has 1 rings (SSSR count). The second-order valence-electron chi connectivity index (χ2n) is 3.92. The van der Waals surface area contributed by atoms with E-state index in [0.717, 1.165) is 5.75 Å². The van der Waals surface area contributed by atoms with Crippen LogP contribution in [0.3, 0.4) is 0 Å². The molecule has 0 saturated carbocycles. The van der Waals surface area contributed by atoms with E-state index in [1.54, 1.807) is 23.6 Å². The molecule has 0 radical (unpaired) electrons. The third-order valence-electron chi connectivity index (χ3n) is 2.69. The van der Waals surface area contributed by atoms with Crippen molar-refractivity contribution < 1.29 is 17.9 Å². The highest BCUT2D eigenvalue weighted by atomic mass is 32.2. The highest BCUT2D eigenvalue weighted by molar-refractivity contribution is 8.01. The maximum atomic E-state index is 11.9. The van der Waals surface area contributed by atoms with Crippen LogP contribution in [-0.2, 0) is 19.4 Å². The lowest BCUT2D eigenvalue weighted by molar-refractivity contribution is -0.123. The number of carbonyl (C=O) groups is 1. The van der Waals surface area contributed by atoms with Gasteiger partial charge in [0.05, 0.1) is 6.54 Å². The van der Waals surface area contributed by atoms with E-state index < -0.39 is 15.2 Å². The number of carbonyl (C=O) groups excluding carboxylic acids is 1. The zero-order valence-electron chi connectivity index (χ0n) is 10.2. The monoisotopic (exact) mass is 281 g/mol. The first-order valence-corrected chi connectivity index (χ1v) is 8.42. The second-order valence-corrected chi connectivity index (χ2v) is 7.52. The Balaban J connectivity index is 2.70. The van der Waals surface area contributed by atoms with E-state index in [4.69, 9.17) is 4.74 Å². The molecule has 0 amide bonds. The van der Waals surface area contributed by atoms with Crippen LogP contribution in [0.4, 0.5) is 0 Å². The summed E-state index contributed by atoms with van der Waals surface area (Å²) < 4.78 is 28.6. The number of Topliss-reactive ketones (excluding diaryl/α,β-unsaturated/α-hetero) is 1. The van der Waals surface area contributed by atoms with E-state index >= 15 is 0 Å². The van der Waals surface area contributed by atoms with Crippen molar-refractivity contribution >= 4 is 27.4 Å². The van der Waals surface area contributed by atoms with Crippen molar-refractivity contribution in [3.8, 4) is 0 Å². The topological polar surface area (TPSA) is 63.7 Å². The number of rotatable bonds is 6. The summed E-state index contributed by atoms with van der Waals surface area (Å²) in [5, 5.41) is -0.521. The lowest BCUT2D eigenvalue weighted by Crippen LogP contribution is -2.50. The molecule has 0 bridgehead atoms. The fourth-order valence-electron chi connectivity index (χ4n) is 1.75. The number of hydrogen-bond acceptors (Lipinski definition) is 6. The van der Waals surface area contributed by atoms with E-state index in [9.17, 15) is 13.2 Å². The first-order valence-electron chi connectivity index (χ1n) is 5.55. The van der Waals surface area contributed by atoms with Crippen LogP contribution in [0.5, 0.6) is 0 Å². The largest absolute Gasteiger partial charge is 0.377 e. The van der Waals surface area contributed by atoms with Crippen LogP contribution in [0.15, 0.2) is 0 Å². The van der Waals surface area contributed by atoms with Gasteiger partial charge in [0.25, 0.3) is 0 Å². The number of ether oxygens (including phenoxy) is 1. The fraction of sp³-hybridized carbons (Fsp3) is 0.900. The Labute approximate surface area is 107 Å². The van der Waals surface area contributed by atoms with Crippen molar-refractivity contribution in [3.05, 3.63) is 0 Å². The fourth-order valence-corrected chi connectivity index (χ4v) is 4.83. The normalized spacial score (nSPS) is 22.6. The molecule has 0 aliphatic carbocycles. The predicted octanol–water partition coefficient (Wildman–Crippen LogP) is 0.0115. The van der Waals surface area contributed by atoms with Gasteiger partial charge >= 0.3 is 0 Å². The third kappa shape index (κ3) is 4.24. The van der Waals surface area contributed by atoms with Crippen molar-refractivity contribution in [1.82, 2.24) is 4.90 Å². The zero-order chi connectivity index (χ0) is 12.9. The summed E-state index contributed by atoms with van der Waals surface area (Å²) in [6, 6.07) is 0. The van der Waals surface area contributed by atoms with Crippen molar-refractivity contribution in [1.29, 1.82) is 0 Å². The van der Waals surface area contributed by atoms with Crippen LogP contribution >= 0.6 is 11.8 Å². The van der Waals surface area contributed by atoms with E-state index in [1.165, 1.54) is 7.11 Å². The molecule has 1 atom stereocenters. The van der Waals surface area contributed by atoms with E-state index in [2.05, 4.69) is 0 Å². The molecule has 0 aromatic heterocycles. The summed E-state index contributed by atoms with van der Waals surface area (Å²) in [6.45, 7) is 2.49. The average molecular weight is 281 g/mol. The number of sulfone groups is 1.